The molecule has 0 aliphatic carbocycles. The average Bonchev–Trinajstić information content (AvgIpc) is 3.02. The van der Waals surface area contributed by atoms with Crippen LogP contribution in [-0.4, -0.2) is 20.0 Å². The van der Waals surface area contributed by atoms with E-state index in [-0.39, 0.29) is 45.9 Å². The molecule has 6 heteroatoms. The number of aryl methyl sites for hydroxylation is 1. The summed E-state index contributed by atoms with van der Waals surface area (Å²) in [5.74, 6) is 0.218. The van der Waals surface area contributed by atoms with Crippen LogP contribution in [0.5, 0.6) is 5.75 Å². The van der Waals surface area contributed by atoms with Crippen LogP contribution < -0.4 is 5.62 Å². The number of benzene rings is 2. The Morgan fingerprint density at radius 3 is 2.00 bits per heavy atom. The maximum atomic E-state index is 13.6. The smallest absolute Gasteiger partial charge is 0.202 e. The first-order valence-corrected chi connectivity index (χ1v) is 12.1. The highest BCUT2D eigenvalue weighted by Gasteiger charge is 2.28. The number of phenolic OH excluding ortho intramolecular Hbond substituents is 1. The van der Waals surface area contributed by atoms with Crippen molar-refractivity contribution in [2.75, 3.05) is 0 Å². The second kappa shape index (κ2) is 11.0. The van der Waals surface area contributed by atoms with Crippen LogP contribution in [0.2, 0.25) is 0 Å². The van der Waals surface area contributed by atoms with Gasteiger partial charge in [-0.15, -0.1) is 17.0 Å². The first-order chi connectivity index (χ1) is 15.8. The number of Topliss-reactive ketones (excluding diaryl/α,β-unsaturated/α-hetero) is 1. The molecule has 3 aromatic rings. The number of aromatic nitrogens is 2. The van der Waals surface area contributed by atoms with Gasteiger partial charge in [-0.3, -0.25) is 10.2 Å². The lowest BCUT2D eigenvalue weighted by molar-refractivity contribution is 0.0968. The van der Waals surface area contributed by atoms with Gasteiger partial charge in [-0.1, -0.05) is 85.2 Å². The molecule has 2 aromatic carbocycles. The Labute approximate surface area is 220 Å². The number of hydrogen-bond donors (Lipinski definition) is 2. The number of aromatic hydroxyl groups is 1. The zero-order chi connectivity index (χ0) is 25.3. The molecule has 190 valence electrons. The molecule has 3 rings (SSSR count). The minimum atomic E-state index is -0.305. The summed E-state index contributed by atoms with van der Waals surface area (Å²) >= 11 is 0. The fourth-order valence-corrected chi connectivity index (χ4v) is 4.31. The lowest BCUT2D eigenvalue weighted by Crippen LogP contribution is -2.29. The maximum absolute atomic E-state index is 13.6. The number of hydrogen-bond acceptors (Lipinski definition) is 3. The van der Waals surface area contributed by atoms with Crippen molar-refractivity contribution in [1.29, 1.82) is 5.41 Å². The van der Waals surface area contributed by atoms with Gasteiger partial charge in [0, 0.05) is 28.6 Å². The third-order valence-electron chi connectivity index (χ3n) is 6.23. The van der Waals surface area contributed by atoms with Gasteiger partial charge in [0.15, 0.2) is 5.78 Å². The third kappa shape index (κ3) is 6.54. The van der Waals surface area contributed by atoms with E-state index in [2.05, 4.69) is 6.92 Å². The molecule has 35 heavy (non-hydrogen) atoms. The lowest BCUT2D eigenvalue weighted by atomic mass is 9.78. The van der Waals surface area contributed by atoms with Crippen molar-refractivity contribution in [2.24, 2.45) is 0 Å². The van der Waals surface area contributed by atoms with E-state index in [9.17, 15) is 9.90 Å². The zero-order valence-corrected chi connectivity index (χ0v) is 23.8. The SMILES string of the molecule is Br.CCCc1cn(Cc2ccccc2)c(=N)n1CC(=O)c1cc(C(C)(C)C)c(O)c(C(C)(C)C)c1. The standard InChI is InChI=1S/C29H39N3O2.BrH/c1-8-12-22-18-31(17-20-13-10-9-11-14-20)27(30)32(22)19-25(33)21-15-23(28(2,3)4)26(34)24(16-21)29(5,6)7;/h9-11,13-16,18,30,34H,8,12,17,19H2,1-7H3;1H. The van der Waals surface area contributed by atoms with Gasteiger partial charge in [0.2, 0.25) is 5.62 Å². The topological polar surface area (TPSA) is 71.0 Å². The first-order valence-electron chi connectivity index (χ1n) is 12.1. The molecular formula is C29H40BrN3O2. The number of rotatable bonds is 7. The van der Waals surface area contributed by atoms with Gasteiger partial charge >= 0.3 is 0 Å². The van der Waals surface area contributed by atoms with Crippen LogP contribution >= 0.6 is 17.0 Å². The van der Waals surface area contributed by atoms with Crippen LogP contribution in [0.3, 0.4) is 0 Å². The Hall–Kier alpha value is -2.60. The molecule has 2 N–H and O–H groups in total. The van der Waals surface area contributed by atoms with Gasteiger partial charge < -0.3 is 14.2 Å². The number of imidazole rings is 1. The second-order valence-electron chi connectivity index (χ2n) is 11.2. The fourth-order valence-electron chi connectivity index (χ4n) is 4.31. The third-order valence-corrected chi connectivity index (χ3v) is 6.23. The predicted molar refractivity (Wildman–Crippen MR) is 148 cm³/mol. The molecule has 0 radical (unpaired) electrons. The minimum absolute atomic E-state index is 0. The van der Waals surface area contributed by atoms with Crippen molar-refractivity contribution in [3.05, 3.63) is 82.2 Å². The molecule has 0 aliphatic heterocycles. The molecule has 0 saturated carbocycles. The number of nitrogens with one attached hydrogen (secondary N) is 1. The monoisotopic (exact) mass is 541 g/mol. The number of phenols is 1. The summed E-state index contributed by atoms with van der Waals surface area (Å²) in [7, 11) is 0. The van der Waals surface area contributed by atoms with Crippen LogP contribution in [-0.2, 0) is 30.3 Å². The van der Waals surface area contributed by atoms with E-state index in [4.69, 9.17) is 5.41 Å². The van der Waals surface area contributed by atoms with Crippen molar-refractivity contribution >= 4 is 22.8 Å². The maximum Gasteiger partial charge on any atom is 0.202 e. The van der Waals surface area contributed by atoms with Crippen LogP contribution in [0, 0.1) is 5.41 Å². The molecule has 0 saturated heterocycles. The molecule has 0 amide bonds. The Kier molecular flexibility index (Phi) is 8.99. The summed E-state index contributed by atoms with van der Waals surface area (Å²) in [5.41, 5.74) is 3.95. The summed E-state index contributed by atoms with van der Waals surface area (Å²) in [4.78, 5) is 13.6. The molecule has 0 spiro atoms. The van der Waals surface area contributed by atoms with E-state index < -0.39 is 0 Å². The zero-order valence-electron chi connectivity index (χ0n) is 22.1. The molecule has 0 aliphatic rings. The van der Waals surface area contributed by atoms with Crippen molar-refractivity contribution < 1.29 is 9.90 Å². The van der Waals surface area contributed by atoms with Crippen molar-refractivity contribution in [3.8, 4) is 5.75 Å². The Morgan fingerprint density at radius 2 is 1.51 bits per heavy atom. The summed E-state index contributed by atoms with van der Waals surface area (Å²) in [6.07, 6.45) is 3.74. The summed E-state index contributed by atoms with van der Waals surface area (Å²) in [5, 5.41) is 19.8. The van der Waals surface area contributed by atoms with Crippen molar-refractivity contribution in [3.63, 3.8) is 0 Å². The molecular weight excluding hydrogens is 502 g/mol. The Bertz CT molecular complexity index is 1190. The average molecular weight is 543 g/mol. The van der Waals surface area contributed by atoms with Gasteiger partial charge in [-0.05, 0) is 34.9 Å². The summed E-state index contributed by atoms with van der Waals surface area (Å²) in [6.45, 7) is 15.1. The molecule has 1 aromatic heterocycles. The summed E-state index contributed by atoms with van der Waals surface area (Å²) in [6, 6.07) is 13.7. The molecule has 0 fully saturated rings. The highest BCUT2D eigenvalue weighted by Crippen LogP contribution is 2.39. The molecule has 5 nitrogen and oxygen atoms in total. The highest BCUT2D eigenvalue weighted by molar-refractivity contribution is 8.93. The van der Waals surface area contributed by atoms with Gasteiger partial charge in [0.25, 0.3) is 0 Å². The number of ketones is 1. The Morgan fingerprint density at radius 1 is 0.971 bits per heavy atom. The van der Waals surface area contributed by atoms with E-state index in [1.54, 1.807) is 0 Å². The number of carbonyl (C=O) groups excluding carboxylic acids is 1. The number of carbonyl (C=O) groups is 1. The van der Waals surface area contributed by atoms with E-state index in [0.717, 1.165) is 35.2 Å². The van der Waals surface area contributed by atoms with E-state index in [1.807, 2.05) is 99.3 Å². The van der Waals surface area contributed by atoms with Gasteiger partial charge in [0.05, 0.1) is 13.1 Å². The lowest BCUT2D eigenvalue weighted by Gasteiger charge is -2.28. The molecule has 0 unspecified atom stereocenters. The first kappa shape index (κ1) is 28.6. The van der Waals surface area contributed by atoms with Crippen LogP contribution in [0.1, 0.15) is 87.6 Å². The van der Waals surface area contributed by atoms with E-state index >= 15 is 0 Å². The summed E-state index contributed by atoms with van der Waals surface area (Å²) < 4.78 is 3.74. The molecule has 1 heterocycles. The van der Waals surface area contributed by atoms with E-state index in [1.165, 1.54) is 0 Å². The second-order valence-corrected chi connectivity index (χ2v) is 11.2. The Balaban J connectivity index is 0.00000432. The van der Waals surface area contributed by atoms with Crippen molar-refractivity contribution in [2.45, 2.75) is 85.2 Å². The molecule has 0 atom stereocenters. The largest absolute Gasteiger partial charge is 0.507 e. The van der Waals surface area contributed by atoms with Crippen molar-refractivity contribution in [1.82, 2.24) is 9.13 Å². The van der Waals surface area contributed by atoms with Gasteiger partial charge in [0.1, 0.15) is 5.75 Å². The minimum Gasteiger partial charge on any atom is -0.507 e. The van der Waals surface area contributed by atoms with Crippen LogP contribution in [0.4, 0.5) is 0 Å². The fraction of sp³-hybridized carbons (Fsp3) is 0.448. The number of nitrogens with zero attached hydrogens (tertiary/aromatic N) is 2. The normalized spacial score (nSPS) is 11.9. The van der Waals surface area contributed by atoms with E-state index in [0.29, 0.717) is 17.7 Å². The number of halogens is 1. The quantitative estimate of drug-likeness (QED) is 0.333. The predicted octanol–water partition coefficient (Wildman–Crippen LogP) is 6.53. The van der Waals surface area contributed by atoms with Crippen LogP contribution in [0.25, 0.3) is 0 Å². The molecule has 0 bridgehead atoms. The van der Waals surface area contributed by atoms with Gasteiger partial charge in [-0.2, -0.15) is 0 Å². The van der Waals surface area contributed by atoms with Crippen LogP contribution in [0.15, 0.2) is 48.7 Å². The van der Waals surface area contributed by atoms with Gasteiger partial charge in [-0.25, -0.2) is 0 Å². The highest BCUT2D eigenvalue weighted by atomic mass is 79.9.